The summed E-state index contributed by atoms with van der Waals surface area (Å²) in [5.74, 6) is -0.639. The third-order valence-electron chi connectivity index (χ3n) is 4.85. The van der Waals surface area contributed by atoms with Gasteiger partial charge in [0.1, 0.15) is 17.1 Å². The molecule has 0 saturated carbocycles. The smallest absolute Gasteiger partial charge is 0.291 e. The predicted octanol–water partition coefficient (Wildman–Crippen LogP) is 3.49. The highest BCUT2D eigenvalue weighted by Gasteiger charge is 2.28. The van der Waals surface area contributed by atoms with Crippen LogP contribution in [-0.4, -0.2) is 42.9 Å². The van der Waals surface area contributed by atoms with Gasteiger partial charge in [-0.3, -0.25) is 9.59 Å². The number of benzene rings is 2. The molecule has 4 rings (SSSR count). The highest BCUT2D eigenvalue weighted by Crippen LogP contribution is 2.32. The van der Waals surface area contributed by atoms with E-state index < -0.39 is 0 Å². The lowest BCUT2D eigenvalue weighted by Gasteiger charge is -2.35. The number of carbonyl (C=O) groups excluding carboxylic acids is 2. The third kappa shape index (κ3) is 3.43. The van der Waals surface area contributed by atoms with Crippen molar-refractivity contribution in [2.45, 2.75) is 6.92 Å². The van der Waals surface area contributed by atoms with Crippen LogP contribution in [0.5, 0.6) is 0 Å². The lowest BCUT2D eigenvalue weighted by Crippen LogP contribution is -2.48. The number of furan rings is 1. The minimum Gasteiger partial charge on any atom is -0.449 e. The standard InChI is InChI=1S/C21H20FN3O3/c1-14(26)23-19-17-4-2-3-5-18(17)28-20(19)21(27)25-12-10-24(11-13-25)16-8-6-15(22)7-9-16/h2-9H,10-13H2,1H3,(H,23,26). The van der Waals surface area contributed by atoms with E-state index in [4.69, 9.17) is 4.42 Å². The first kappa shape index (κ1) is 18.0. The van der Waals surface area contributed by atoms with E-state index in [9.17, 15) is 14.0 Å². The molecule has 144 valence electrons. The van der Waals surface area contributed by atoms with Gasteiger partial charge in [0.15, 0.2) is 0 Å². The van der Waals surface area contributed by atoms with Gasteiger partial charge >= 0.3 is 0 Å². The molecule has 2 aromatic carbocycles. The van der Waals surface area contributed by atoms with Crippen LogP contribution in [0.4, 0.5) is 15.8 Å². The fourth-order valence-corrected chi connectivity index (χ4v) is 3.46. The normalized spacial score (nSPS) is 14.4. The molecule has 1 aliphatic rings. The van der Waals surface area contributed by atoms with Crippen LogP contribution < -0.4 is 10.2 Å². The van der Waals surface area contributed by atoms with E-state index in [-0.39, 0.29) is 23.4 Å². The lowest BCUT2D eigenvalue weighted by atomic mass is 10.2. The van der Waals surface area contributed by atoms with Crippen LogP contribution in [0.15, 0.2) is 52.9 Å². The molecule has 28 heavy (non-hydrogen) atoms. The number of nitrogens with zero attached hydrogens (tertiary/aromatic N) is 2. The van der Waals surface area contributed by atoms with Gasteiger partial charge in [0.05, 0.1) is 0 Å². The largest absolute Gasteiger partial charge is 0.449 e. The minimum atomic E-state index is -0.270. The summed E-state index contributed by atoms with van der Waals surface area (Å²) in [4.78, 5) is 28.5. The van der Waals surface area contributed by atoms with Crippen LogP contribution in [0, 0.1) is 5.82 Å². The zero-order chi connectivity index (χ0) is 19.7. The number of carbonyl (C=O) groups is 2. The van der Waals surface area contributed by atoms with E-state index in [2.05, 4.69) is 10.2 Å². The Labute approximate surface area is 161 Å². The number of hydrogen-bond acceptors (Lipinski definition) is 4. The second-order valence-corrected chi connectivity index (χ2v) is 6.74. The summed E-state index contributed by atoms with van der Waals surface area (Å²) in [6.07, 6.45) is 0. The monoisotopic (exact) mass is 381 g/mol. The second-order valence-electron chi connectivity index (χ2n) is 6.74. The summed E-state index contributed by atoms with van der Waals surface area (Å²) in [5, 5.41) is 3.43. The number of halogens is 1. The van der Waals surface area contributed by atoms with Crippen molar-refractivity contribution < 1.29 is 18.4 Å². The van der Waals surface area contributed by atoms with E-state index in [1.54, 1.807) is 23.1 Å². The molecule has 1 aromatic heterocycles. The van der Waals surface area contributed by atoms with Gasteiger partial charge in [-0.15, -0.1) is 0 Å². The Morgan fingerprint density at radius 2 is 1.68 bits per heavy atom. The lowest BCUT2D eigenvalue weighted by molar-refractivity contribution is -0.114. The van der Waals surface area contributed by atoms with Gasteiger partial charge in [0.2, 0.25) is 11.7 Å². The Morgan fingerprint density at radius 1 is 1.00 bits per heavy atom. The molecule has 7 heteroatoms. The van der Waals surface area contributed by atoms with Crippen LogP contribution >= 0.6 is 0 Å². The molecule has 6 nitrogen and oxygen atoms in total. The number of piperazine rings is 1. The highest BCUT2D eigenvalue weighted by atomic mass is 19.1. The Kier molecular flexibility index (Phi) is 4.73. The molecule has 0 aliphatic carbocycles. The van der Waals surface area contributed by atoms with Crippen molar-refractivity contribution in [3.8, 4) is 0 Å². The number of fused-ring (bicyclic) bond motifs is 1. The summed E-state index contributed by atoms with van der Waals surface area (Å²) in [5.41, 5.74) is 1.89. The Bertz CT molecular complexity index is 1020. The third-order valence-corrected chi connectivity index (χ3v) is 4.85. The molecule has 1 N–H and O–H groups in total. The number of hydrogen-bond donors (Lipinski definition) is 1. The predicted molar refractivity (Wildman–Crippen MR) is 105 cm³/mol. The molecule has 1 aliphatic heterocycles. The van der Waals surface area contributed by atoms with E-state index in [1.807, 2.05) is 18.2 Å². The van der Waals surface area contributed by atoms with Crippen molar-refractivity contribution in [2.75, 3.05) is 36.4 Å². The molecule has 0 unspecified atom stereocenters. The van der Waals surface area contributed by atoms with Crippen LogP contribution in [0.25, 0.3) is 11.0 Å². The molecule has 1 saturated heterocycles. The van der Waals surface area contributed by atoms with Crippen molar-refractivity contribution in [1.29, 1.82) is 0 Å². The van der Waals surface area contributed by atoms with E-state index in [0.717, 1.165) is 5.69 Å². The zero-order valence-electron chi connectivity index (χ0n) is 15.4. The maximum atomic E-state index is 13.1. The Hall–Kier alpha value is -3.35. The van der Waals surface area contributed by atoms with Gasteiger partial charge in [-0.2, -0.15) is 0 Å². The van der Waals surface area contributed by atoms with Crippen LogP contribution in [0.3, 0.4) is 0 Å². The molecule has 2 heterocycles. The van der Waals surface area contributed by atoms with E-state index in [0.29, 0.717) is 42.8 Å². The summed E-state index contributed by atoms with van der Waals surface area (Å²) >= 11 is 0. The van der Waals surface area contributed by atoms with Crippen molar-refractivity contribution in [2.24, 2.45) is 0 Å². The quantitative estimate of drug-likeness (QED) is 0.754. The molecule has 2 amide bonds. The Morgan fingerprint density at radius 3 is 2.36 bits per heavy atom. The Balaban J connectivity index is 1.54. The van der Waals surface area contributed by atoms with E-state index >= 15 is 0 Å². The van der Waals surface area contributed by atoms with Gasteiger partial charge in [-0.05, 0) is 36.4 Å². The molecule has 0 atom stereocenters. The maximum Gasteiger partial charge on any atom is 0.291 e. The maximum absolute atomic E-state index is 13.1. The molecule has 3 aromatic rings. The molecular formula is C21H20FN3O3. The molecule has 0 spiro atoms. The van der Waals surface area contributed by atoms with Crippen molar-refractivity contribution in [3.05, 3.63) is 60.1 Å². The summed E-state index contributed by atoms with van der Waals surface area (Å²) in [6, 6.07) is 13.6. The summed E-state index contributed by atoms with van der Waals surface area (Å²) in [6.45, 7) is 3.68. The van der Waals surface area contributed by atoms with Crippen molar-refractivity contribution >= 4 is 34.2 Å². The van der Waals surface area contributed by atoms with Gasteiger partial charge in [0.25, 0.3) is 5.91 Å². The highest BCUT2D eigenvalue weighted by molar-refractivity contribution is 6.10. The van der Waals surface area contributed by atoms with Gasteiger partial charge in [-0.1, -0.05) is 12.1 Å². The topological polar surface area (TPSA) is 65.8 Å². The number of anilines is 2. The number of nitrogens with one attached hydrogen (secondary N) is 1. The van der Waals surface area contributed by atoms with Crippen LogP contribution in [0.1, 0.15) is 17.5 Å². The van der Waals surface area contributed by atoms with Crippen LogP contribution in [0.2, 0.25) is 0 Å². The van der Waals surface area contributed by atoms with Gasteiger partial charge in [0, 0.05) is 44.2 Å². The fraction of sp³-hybridized carbons (Fsp3) is 0.238. The summed E-state index contributed by atoms with van der Waals surface area (Å²) < 4.78 is 18.9. The second kappa shape index (κ2) is 7.34. The molecule has 0 radical (unpaired) electrons. The first-order valence-corrected chi connectivity index (χ1v) is 9.12. The number of para-hydroxylation sites is 1. The van der Waals surface area contributed by atoms with Crippen molar-refractivity contribution in [1.82, 2.24) is 4.90 Å². The van der Waals surface area contributed by atoms with Gasteiger partial charge < -0.3 is 19.5 Å². The van der Waals surface area contributed by atoms with E-state index in [1.165, 1.54) is 19.1 Å². The molecule has 0 bridgehead atoms. The fourth-order valence-electron chi connectivity index (χ4n) is 3.46. The van der Waals surface area contributed by atoms with Gasteiger partial charge in [-0.25, -0.2) is 4.39 Å². The summed E-state index contributed by atoms with van der Waals surface area (Å²) in [7, 11) is 0. The first-order valence-electron chi connectivity index (χ1n) is 9.12. The molecular weight excluding hydrogens is 361 g/mol. The average Bonchev–Trinajstić information content (AvgIpc) is 3.06. The number of amides is 2. The number of rotatable bonds is 3. The average molecular weight is 381 g/mol. The zero-order valence-corrected chi connectivity index (χ0v) is 15.4. The SMILES string of the molecule is CC(=O)Nc1c(C(=O)N2CCN(c3ccc(F)cc3)CC2)oc2ccccc12. The van der Waals surface area contributed by atoms with Crippen LogP contribution in [-0.2, 0) is 4.79 Å². The minimum absolute atomic E-state index is 0.145. The molecule has 1 fully saturated rings. The van der Waals surface area contributed by atoms with Crippen molar-refractivity contribution in [3.63, 3.8) is 0 Å². The first-order chi connectivity index (χ1) is 13.5.